The van der Waals surface area contributed by atoms with Crippen molar-refractivity contribution in [3.05, 3.63) is 29.8 Å². The Morgan fingerprint density at radius 2 is 2.08 bits per heavy atom. The number of aliphatic carboxylic acids is 1. The molecule has 0 bridgehead atoms. The zero-order valence-corrected chi connectivity index (χ0v) is 14.4. The number of benzene rings is 1. The first kappa shape index (κ1) is 18.9. The second-order valence-electron chi connectivity index (χ2n) is 6.03. The number of methoxy groups -OCH3 is 1. The molecule has 1 aromatic carbocycles. The number of Topliss-reactive ketones (excluding diaryl/α,β-unsaturated/α-hetero) is 1. The van der Waals surface area contributed by atoms with Gasteiger partial charge in [0.25, 0.3) is 0 Å². The molecule has 1 aliphatic heterocycles. The van der Waals surface area contributed by atoms with Crippen LogP contribution >= 0.6 is 0 Å². The Hall–Kier alpha value is -2.41. The molecule has 0 radical (unpaired) electrons. The van der Waals surface area contributed by atoms with Crippen molar-refractivity contribution in [2.45, 2.75) is 38.3 Å². The largest absolute Gasteiger partial charge is 0.494 e. The van der Waals surface area contributed by atoms with Crippen LogP contribution in [0.25, 0.3) is 0 Å². The van der Waals surface area contributed by atoms with Crippen LogP contribution in [0, 0.1) is 0 Å². The fourth-order valence-corrected chi connectivity index (χ4v) is 2.84. The van der Waals surface area contributed by atoms with Gasteiger partial charge >= 0.3 is 5.97 Å². The number of hydrogen-bond donors (Lipinski definition) is 1. The summed E-state index contributed by atoms with van der Waals surface area (Å²) >= 11 is 0. The first-order valence-electron chi connectivity index (χ1n) is 8.21. The minimum absolute atomic E-state index is 0.0397. The predicted molar refractivity (Wildman–Crippen MR) is 89.7 cm³/mol. The lowest BCUT2D eigenvalue weighted by atomic mass is 10.1. The molecular weight excluding hydrogens is 326 g/mol. The number of ketones is 1. The van der Waals surface area contributed by atoms with Gasteiger partial charge in [-0.25, -0.2) is 4.79 Å². The van der Waals surface area contributed by atoms with Gasteiger partial charge in [0.1, 0.15) is 11.8 Å². The van der Waals surface area contributed by atoms with Crippen molar-refractivity contribution in [1.29, 1.82) is 0 Å². The number of hydrogen-bond acceptors (Lipinski definition) is 5. The average molecular weight is 349 g/mol. The monoisotopic (exact) mass is 349 g/mol. The normalized spacial score (nSPS) is 19.7. The highest BCUT2D eigenvalue weighted by Crippen LogP contribution is 2.21. The van der Waals surface area contributed by atoms with Crippen LogP contribution < -0.4 is 4.74 Å². The molecule has 1 aromatic rings. The number of carboxylic acid groups (broad SMARTS) is 1. The molecule has 2 unspecified atom stereocenters. The summed E-state index contributed by atoms with van der Waals surface area (Å²) in [6, 6.07) is 6.03. The van der Waals surface area contributed by atoms with E-state index < -0.39 is 12.0 Å². The minimum Gasteiger partial charge on any atom is -0.494 e. The fraction of sp³-hybridized carbons (Fsp3) is 0.500. The number of carbonyl (C=O) groups excluding carboxylic acids is 2. The summed E-state index contributed by atoms with van der Waals surface area (Å²) in [5.74, 6) is -0.690. The topological polar surface area (TPSA) is 93.1 Å². The van der Waals surface area contributed by atoms with Crippen LogP contribution in [0.5, 0.6) is 5.75 Å². The predicted octanol–water partition coefficient (Wildman–Crippen LogP) is 1.75. The maximum Gasteiger partial charge on any atom is 0.326 e. The maximum atomic E-state index is 12.3. The number of amides is 1. The molecule has 0 aromatic heterocycles. The standard InChI is InChI=1S/C18H23NO6/c1-12(20)13-5-3-6-14(9-13)25-8-4-7-17(21)19-11-15(24-2)10-16(19)18(22)23/h3,5-6,9,15-16H,4,7-8,10-11H2,1-2H3,(H,22,23). The summed E-state index contributed by atoms with van der Waals surface area (Å²) < 4.78 is 10.7. The third-order valence-corrected chi connectivity index (χ3v) is 4.25. The van der Waals surface area contributed by atoms with Crippen LogP contribution in [-0.4, -0.2) is 60.1 Å². The molecule has 1 heterocycles. The molecule has 0 saturated carbocycles. The minimum atomic E-state index is -1.01. The lowest BCUT2D eigenvalue weighted by molar-refractivity contribution is -0.148. The summed E-state index contributed by atoms with van der Waals surface area (Å²) in [6.07, 6.45) is 0.734. The number of rotatable bonds is 8. The molecule has 136 valence electrons. The number of carboxylic acids is 1. The van der Waals surface area contributed by atoms with Gasteiger partial charge in [-0.15, -0.1) is 0 Å². The molecule has 1 amide bonds. The van der Waals surface area contributed by atoms with Gasteiger partial charge in [-0.1, -0.05) is 12.1 Å². The van der Waals surface area contributed by atoms with Crippen LogP contribution in [0.3, 0.4) is 0 Å². The van der Waals surface area contributed by atoms with Gasteiger partial charge in [0.2, 0.25) is 5.91 Å². The first-order valence-corrected chi connectivity index (χ1v) is 8.21. The van der Waals surface area contributed by atoms with Gasteiger partial charge in [0.05, 0.1) is 12.7 Å². The SMILES string of the molecule is COC1CC(C(=O)O)N(C(=O)CCCOc2cccc(C(C)=O)c2)C1. The zero-order valence-electron chi connectivity index (χ0n) is 14.4. The second kappa shape index (κ2) is 8.62. The van der Waals surface area contributed by atoms with Crippen molar-refractivity contribution in [3.8, 4) is 5.75 Å². The van der Waals surface area contributed by atoms with Gasteiger partial charge in [-0.2, -0.15) is 0 Å². The molecule has 0 spiro atoms. The van der Waals surface area contributed by atoms with Gasteiger partial charge < -0.3 is 19.5 Å². The summed E-state index contributed by atoms with van der Waals surface area (Å²) in [5.41, 5.74) is 0.570. The Morgan fingerprint density at radius 3 is 2.72 bits per heavy atom. The Kier molecular flexibility index (Phi) is 6.52. The average Bonchev–Trinajstić information content (AvgIpc) is 3.03. The van der Waals surface area contributed by atoms with E-state index in [1.807, 2.05) is 0 Å². The summed E-state index contributed by atoms with van der Waals surface area (Å²) in [5, 5.41) is 9.24. The first-order chi connectivity index (χ1) is 11.9. The van der Waals surface area contributed by atoms with Crippen LogP contribution in [0.1, 0.15) is 36.5 Å². The lowest BCUT2D eigenvalue weighted by Gasteiger charge is -2.21. The number of nitrogens with zero attached hydrogens (tertiary/aromatic N) is 1. The molecule has 1 fully saturated rings. The van der Waals surface area contributed by atoms with Gasteiger partial charge in [0.15, 0.2) is 5.78 Å². The number of carbonyl (C=O) groups is 3. The Labute approximate surface area is 146 Å². The Morgan fingerprint density at radius 1 is 1.32 bits per heavy atom. The molecule has 7 nitrogen and oxygen atoms in total. The van der Waals surface area contributed by atoms with Gasteiger partial charge in [-0.3, -0.25) is 9.59 Å². The van der Waals surface area contributed by atoms with Crippen LogP contribution in [0.4, 0.5) is 0 Å². The van der Waals surface area contributed by atoms with E-state index in [4.69, 9.17) is 9.47 Å². The van der Waals surface area contributed by atoms with Gasteiger partial charge in [-0.05, 0) is 25.5 Å². The molecule has 7 heteroatoms. The molecular formula is C18H23NO6. The maximum absolute atomic E-state index is 12.3. The van der Waals surface area contributed by atoms with E-state index in [0.29, 0.717) is 37.3 Å². The molecule has 1 saturated heterocycles. The van der Waals surface area contributed by atoms with Crippen molar-refractivity contribution in [3.63, 3.8) is 0 Å². The van der Waals surface area contributed by atoms with Crippen LogP contribution in [0.15, 0.2) is 24.3 Å². The highest BCUT2D eigenvalue weighted by molar-refractivity contribution is 5.94. The van der Waals surface area contributed by atoms with E-state index in [2.05, 4.69) is 0 Å². The van der Waals surface area contributed by atoms with E-state index in [0.717, 1.165) is 0 Å². The quantitative estimate of drug-likeness (QED) is 0.568. The van der Waals surface area contributed by atoms with Crippen molar-refractivity contribution in [1.82, 2.24) is 4.90 Å². The van der Waals surface area contributed by atoms with Crippen LogP contribution in [0.2, 0.25) is 0 Å². The fourth-order valence-electron chi connectivity index (χ4n) is 2.84. The molecule has 0 aliphatic carbocycles. The Balaban J connectivity index is 1.81. The number of ether oxygens (including phenoxy) is 2. The van der Waals surface area contributed by atoms with E-state index in [1.165, 1.54) is 18.9 Å². The molecule has 25 heavy (non-hydrogen) atoms. The molecule has 1 N–H and O–H groups in total. The molecule has 1 aliphatic rings. The van der Waals surface area contributed by atoms with E-state index >= 15 is 0 Å². The summed E-state index contributed by atoms with van der Waals surface area (Å²) in [6.45, 7) is 2.10. The summed E-state index contributed by atoms with van der Waals surface area (Å²) in [7, 11) is 1.51. The van der Waals surface area contributed by atoms with Gasteiger partial charge in [0, 0.05) is 32.1 Å². The smallest absolute Gasteiger partial charge is 0.326 e. The van der Waals surface area contributed by atoms with Crippen molar-refractivity contribution < 1.29 is 29.0 Å². The third-order valence-electron chi connectivity index (χ3n) is 4.25. The molecule has 2 rings (SSSR count). The highest BCUT2D eigenvalue weighted by atomic mass is 16.5. The Bertz CT molecular complexity index is 644. The highest BCUT2D eigenvalue weighted by Gasteiger charge is 2.39. The summed E-state index contributed by atoms with van der Waals surface area (Å²) in [4.78, 5) is 36.3. The number of likely N-dealkylation sites (tertiary alicyclic amines) is 1. The third kappa shape index (κ3) is 5.03. The van der Waals surface area contributed by atoms with Crippen molar-refractivity contribution in [2.24, 2.45) is 0 Å². The van der Waals surface area contributed by atoms with E-state index in [1.54, 1.807) is 24.3 Å². The zero-order chi connectivity index (χ0) is 18.4. The van der Waals surface area contributed by atoms with Crippen LogP contribution in [-0.2, 0) is 14.3 Å². The lowest BCUT2D eigenvalue weighted by Crippen LogP contribution is -2.40. The molecule has 2 atom stereocenters. The van der Waals surface area contributed by atoms with Crippen molar-refractivity contribution in [2.75, 3.05) is 20.3 Å². The van der Waals surface area contributed by atoms with E-state index in [9.17, 15) is 19.5 Å². The second-order valence-corrected chi connectivity index (χ2v) is 6.03. The van der Waals surface area contributed by atoms with E-state index in [-0.39, 0.29) is 24.2 Å². The van der Waals surface area contributed by atoms with Crippen molar-refractivity contribution >= 4 is 17.7 Å².